The molecule has 0 bridgehead atoms. The number of nitrogens with zero attached hydrogens (tertiary/aromatic N) is 1. The average Bonchev–Trinajstić information content (AvgIpc) is 3.35. The summed E-state index contributed by atoms with van der Waals surface area (Å²) in [7, 11) is 0. The van der Waals surface area contributed by atoms with Gasteiger partial charge in [0.05, 0.1) is 10.7 Å². The molecule has 3 heteroatoms. The molecule has 1 aromatic heterocycles. The first-order chi connectivity index (χ1) is 11.1. The molecule has 120 valence electrons. The van der Waals surface area contributed by atoms with Gasteiger partial charge in [0.1, 0.15) is 0 Å². The Bertz CT molecular complexity index is 739. The number of allylic oxidation sites excluding steroid dienone is 1. The molecule has 1 saturated carbocycles. The van der Waals surface area contributed by atoms with Crippen LogP contribution in [0, 0.1) is 19.8 Å². The number of rotatable bonds is 6. The number of carbonyl (C=O) groups excluding carboxylic acids is 1. The van der Waals surface area contributed by atoms with E-state index in [4.69, 9.17) is 11.6 Å². The number of hydrogen-bond donors (Lipinski definition) is 0. The normalized spacial score (nSPS) is 15.0. The van der Waals surface area contributed by atoms with Crippen molar-refractivity contribution < 1.29 is 4.79 Å². The highest BCUT2D eigenvalue weighted by molar-refractivity contribution is 6.49. The van der Waals surface area contributed by atoms with E-state index < -0.39 is 0 Å². The van der Waals surface area contributed by atoms with Crippen molar-refractivity contribution in [2.75, 3.05) is 0 Å². The van der Waals surface area contributed by atoms with Crippen LogP contribution in [0.1, 0.15) is 45.7 Å². The molecule has 0 aliphatic heterocycles. The van der Waals surface area contributed by atoms with E-state index >= 15 is 0 Å². The molecule has 1 heterocycles. The number of carbonyl (C=O) groups is 1. The van der Waals surface area contributed by atoms with Crippen LogP contribution in [0.15, 0.2) is 36.4 Å². The van der Waals surface area contributed by atoms with Crippen LogP contribution in [-0.4, -0.2) is 10.9 Å². The van der Waals surface area contributed by atoms with Crippen molar-refractivity contribution >= 4 is 22.9 Å². The first-order valence-corrected chi connectivity index (χ1v) is 8.54. The highest BCUT2D eigenvalue weighted by atomic mass is 35.5. The summed E-state index contributed by atoms with van der Waals surface area (Å²) >= 11 is 6.62. The minimum Gasteiger partial charge on any atom is -0.343 e. The van der Waals surface area contributed by atoms with Crippen LogP contribution in [0.25, 0.3) is 5.03 Å². The zero-order chi connectivity index (χ0) is 16.4. The Morgan fingerprint density at radius 2 is 1.96 bits per heavy atom. The van der Waals surface area contributed by atoms with E-state index in [1.807, 2.05) is 31.2 Å². The molecule has 0 N–H and O–H groups in total. The zero-order valence-electron chi connectivity index (χ0n) is 13.7. The standard InChI is InChI=1S/C20H22ClNO/c1-14-15(2)22(12-17-8-9-17)20(18(14)13-23)19(21)11-10-16-6-4-3-5-7-16/h3-7,11,13,17H,8-10,12H2,1-2H3/b19-11+. The van der Waals surface area contributed by atoms with Crippen LogP contribution in [0.4, 0.5) is 0 Å². The molecule has 2 nitrogen and oxygen atoms in total. The van der Waals surface area contributed by atoms with Crippen LogP contribution in [0.3, 0.4) is 0 Å². The monoisotopic (exact) mass is 327 g/mol. The predicted octanol–water partition coefficient (Wildman–Crippen LogP) is 5.15. The largest absolute Gasteiger partial charge is 0.343 e. The van der Waals surface area contributed by atoms with Crippen molar-refractivity contribution in [2.45, 2.75) is 39.7 Å². The molecular formula is C20H22ClNO. The van der Waals surface area contributed by atoms with Crippen LogP contribution in [-0.2, 0) is 13.0 Å². The number of aldehydes is 1. The minimum absolute atomic E-state index is 0.674. The van der Waals surface area contributed by atoms with Gasteiger partial charge in [-0.1, -0.05) is 48.0 Å². The second-order valence-corrected chi connectivity index (χ2v) is 6.79. The second kappa shape index (κ2) is 6.76. The van der Waals surface area contributed by atoms with Crippen molar-refractivity contribution in [3.8, 4) is 0 Å². The van der Waals surface area contributed by atoms with Gasteiger partial charge in [-0.25, -0.2) is 0 Å². The summed E-state index contributed by atoms with van der Waals surface area (Å²) in [5.74, 6) is 0.734. The molecule has 1 aliphatic rings. The van der Waals surface area contributed by atoms with Crippen LogP contribution < -0.4 is 0 Å². The topological polar surface area (TPSA) is 22.0 Å². The lowest BCUT2D eigenvalue weighted by Gasteiger charge is -2.11. The molecule has 0 amide bonds. The van der Waals surface area contributed by atoms with Gasteiger partial charge >= 0.3 is 0 Å². The van der Waals surface area contributed by atoms with Crippen molar-refractivity contribution in [3.05, 3.63) is 64.5 Å². The molecule has 3 rings (SSSR count). The third-order valence-electron chi connectivity index (χ3n) is 4.72. The van der Waals surface area contributed by atoms with Gasteiger partial charge in [0.25, 0.3) is 0 Å². The first-order valence-electron chi connectivity index (χ1n) is 8.16. The summed E-state index contributed by atoms with van der Waals surface area (Å²) in [5, 5.41) is 0.674. The molecule has 1 aromatic carbocycles. The van der Waals surface area contributed by atoms with Gasteiger partial charge in [0, 0.05) is 17.8 Å². The fourth-order valence-electron chi connectivity index (χ4n) is 2.99. The Morgan fingerprint density at radius 1 is 1.26 bits per heavy atom. The minimum atomic E-state index is 0.674. The number of hydrogen-bond acceptors (Lipinski definition) is 1. The Balaban J connectivity index is 1.96. The lowest BCUT2D eigenvalue weighted by Crippen LogP contribution is -2.06. The van der Waals surface area contributed by atoms with E-state index in [-0.39, 0.29) is 0 Å². The maximum atomic E-state index is 11.6. The van der Waals surface area contributed by atoms with E-state index in [1.54, 1.807) is 0 Å². The molecule has 0 atom stereocenters. The molecule has 1 aliphatic carbocycles. The van der Waals surface area contributed by atoms with Crippen LogP contribution >= 0.6 is 11.6 Å². The molecule has 2 aromatic rings. The van der Waals surface area contributed by atoms with Gasteiger partial charge in [-0.3, -0.25) is 4.79 Å². The molecule has 0 saturated heterocycles. The van der Waals surface area contributed by atoms with Gasteiger partial charge in [0.15, 0.2) is 6.29 Å². The summed E-state index contributed by atoms with van der Waals surface area (Å²) in [4.78, 5) is 11.6. The van der Waals surface area contributed by atoms with Crippen molar-refractivity contribution in [3.63, 3.8) is 0 Å². The number of halogens is 1. The Labute approximate surface area is 142 Å². The summed E-state index contributed by atoms with van der Waals surface area (Å²) in [5.41, 5.74) is 5.03. The van der Waals surface area contributed by atoms with E-state index in [0.717, 1.165) is 47.7 Å². The maximum Gasteiger partial charge on any atom is 0.152 e. The van der Waals surface area contributed by atoms with Gasteiger partial charge in [-0.15, -0.1) is 0 Å². The molecular weight excluding hydrogens is 306 g/mol. The van der Waals surface area contributed by atoms with Crippen molar-refractivity contribution in [2.24, 2.45) is 5.92 Å². The molecule has 0 radical (unpaired) electrons. The lowest BCUT2D eigenvalue weighted by molar-refractivity contribution is 0.112. The third-order valence-corrected chi connectivity index (χ3v) is 5.05. The first kappa shape index (κ1) is 16.1. The number of aromatic nitrogens is 1. The van der Waals surface area contributed by atoms with E-state index in [2.05, 4.69) is 23.6 Å². The predicted molar refractivity (Wildman–Crippen MR) is 96.0 cm³/mol. The molecule has 23 heavy (non-hydrogen) atoms. The summed E-state index contributed by atoms with van der Waals surface area (Å²) < 4.78 is 2.24. The molecule has 1 fully saturated rings. The van der Waals surface area contributed by atoms with Crippen molar-refractivity contribution in [1.29, 1.82) is 0 Å². The summed E-state index contributed by atoms with van der Waals surface area (Å²) in [6, 6.07) is 10.2. The summed E-state index contributed by atoms with van der Waals surface area (Å²) in [6.07, 6.45) is 6.28. The van der Waals surface area contributed by atoms with Gasteiger partial charge in [-0.05, 0) is 50.2 Å². The average molecular weight is 328 g/mol. The van der Waals surface area contributed by atoms with Crippen LogP contribution in [0.5, 0.6) is 0 Å². The Morgan fingerprint density at radius 3 is 2.57 bits per heavy atom. The van der Waals surface area contributed by atoms with E-state index in [9.17, 15) is 4.79 Å². The van der Waals surface area contributed by atoms with Gasteiger partial charge in [0.2, 0.25) is 0 Å². The fraction of sp³-hybridized carbons (Fsp3) is 0.350. The Hall–Kier alpha value is -1.80. The molecule has 0 spiro atoms. The van der Waals surface area contributed by atoms with Crippen LogP contribution in [0.2, 0.25) is 0 Å². The maximum absolute atomic E-state index is 11.6. The van der Waals surface area contributed by atoms with Gasteiger partial charge in [-0.2, -0.15) is 0 Å². The van der Waals surface area contributed by atoms with E-state index in [1.165, 1.54) is 18.4 Å². The van der Waals surface area contributed by atoms with Gasteiger partial charge < -0.3 is 4.57 Å². The summed E-state index contributed by atoms with van der Waals surface area (Å²) in [6.45, 7) is 5.05. The number of benzene rings is 1. The fourth-order valence-corrected chi connectivity index (χ4v) is 3.28. The highest BCUT2D eigenvalue weighted by Gasteiger charge is 2.26. The smallest absolute Gasteiger partial charge is 0.152 e. The lowest BCUT2D eigenvalue weighted by atomic mass is 10.1. The third kappa shape index (κ3) is 3.42. The Kier molecular flexibility index (Phi) is 4.72. The molecule has 0 unspecified atom stereocenters. The quantitative estimate of drug-likeness (QED) is 0.672. The van der Waals surface area contributed by atoms with E-state index in [0.29, 0.717) is 5.03 Å². The SMILES string of the molecule is Cc1c(C=O)c(/C(Cl)=C\Cc2ccccc2)n(CC2CC2)c1C. The second-order valence-electron chi connectivity index (χ2n) is 6.39. The van der Waals surface area contributed by atoms with Crippen molar-refractivity contribution in [1.82, 2.24) is 4.57 Å². The highest BCUT2D eigenvalue weighted by Crippen LogP contribution is 2.36. The zero-order valence-corrected chi connectivity index (χ0v) is 14.4.